The molecule has 0 aliphatic carbocycles. The second-order valence-corrected chi connectivity index (χ2v) is 7.29. The number of nitrogens with one attached hydrogen (secondary N) is 1. The highest BCUT2D eigenvalue weighted by Gasteiger charge is 2.43. The number of carbonyl (C=O) groups is 1. The number of aromatic nitrogens is 1. The van der Waals surface area contributed by atoms with Crippen molar-refractivity contribution in [1.29, 1.82) is 0 Å². The highest BCUT2D eigenvalue weighted by atomic mass is 35.5. The van der Waals surface area contributed by atoms with E-state index in [1.54, 1.807) is 0 Å². The predicted octanol–water partition coefficient (Wildman–Crippen LogP) is 5.58. The summed E-state index contributed by atoms with van der Waals surface area (Å²) in [7, 11) is 0. The number of rotatable bonds is 4. The Bertz CT molecular complexity index is 1010. The van der Waals surface area contributed by atoms with Gasteiger partial charge in [0.1, 0.15) is 0 Å². The van der Waals surface area contributed by atoms with Crippen molar-refractivity contribution >= 4 is 28.5 Å². The number of hydrogen-bond donors (Lipinski definition) is 1. The summed E-state index contributed by atoms with van der Waals surface area (Å²) < 4.78 is 11.8. The van der Waals surface area contributed by atoms with E-state index >= 15 is 0 Å². The zero-order valence-corrected chi connectivity index (χ0v) is 16.2. The molecule has 140 valence electrons. The lowest BCUT2D eigenvalue weighted by atomic mass is 9.93. The van der Waals surface area contributed by atoms with Crippen LogP contribution in [0.15, 0.2) is 42.5 Å². The maximum absolute atomic E-state index is 11.8. The van der Waals surface area contributed by atoms with Crippen LogP contribution in [-0.2, 0) is 26.5 Å². The molecule has 0 saturated heterocycles. The summed E-state index contributed by atoms with van der Waals surface area (Å²) in [5, 5.41) is 1.84. The topological polar surface area (TPSA) is 51.3 Å². The molecule has 2 heterocycles. The Kier molecular flexibility index (Phi) is 4.70. The first kappa shape index (κ1) is 18.1. The summed E-state index contributed by atoms with van der Waals surface area (Å²) in [5.74, 6) is -1.40. The lowest BCUT2D eigenvalue weighted by Crippen LogP contribution is -2.39. The Balaban J connectivity index is 1.98. The van der Waals surface area contributed by atoms with Gasteiger partial charge in [-0.05, 0) is 36.1 Å². The average molecular weight is 384 g/mol. The molecule has 0 bridgehead atoms. The van der Waals surface area contributed by atoms with Crippen LogP contribution < -0.4 is 0 Å². The van der Waals surface area contributed by atoms with E-state index in [4.69, 9.17) is 21.1 Å². The first-order chi connectivity index (χ1) is 13.1. The summed E-state index contributed by atoms with van der Waals surface area (Å²) in [6.07, 6.45) is 2.19. The summed E-state index contributed by atoms with van der Waals surface area (Å²) in [5.41, 5.74) is 5.05. The number of fused-ring (bicyclic) bond motifs is 3. The molecule has 0 radical (unpaired) electrons. The SMILES string of the molecule is CCCC1(OC(C)=O)OCCc2c1[nH]c1cccc(-c3ccccc3Cl)c21. The van der Waals surface area contributed by atoms with Crippen LogP contribution in [0.3, 0.4) is 0 Å². The van der Waals surface area contributed by atoms with Crippen LogP contribution in [0, 0.1) is 0 Å². The second kappa shape index (κ2) is 7.02. The van der Waals surface area contributed by atoms with Crippen molar-refractivity contribution in [2.75, 3.05) is 6.61 Å². The molecule has 2 aromatic carbocycles. The maximum Gasteiger partial charge on any atom is 0.305 e. The van der Waals surface area contributed by atoms with E-state index in [2.05, 4.69) is 18.0 Å². The summed E-state index contributed by atoms with van der Waals surface area (Å²) >= 11 is 6.48. The van der Waals surface area contributed by atoms with E-state index in [1.807, 2.05) is 36.4 Å². The number of H-pyrrole nitrogens is 1. The molecule has 3 aromatic rings. The molecule has 0 spiro atoms. The zero-order valence-electron chi connectivity index (χ0n) is 15.5. The molecular weight excluding hydrogens is 362 g/mol. The van der Waals surface area contributed by atoms with Crippen LogP contribution in [0.4, 0.5) is 0 Å². The van der Waals surface area contributed by atoms with Crippen molar-refractivity contribution in [2.24, 2.45) is 0 Å². The summed E-state index contributed by atoms with van der Waals surface area (Å²) in [4.78, 5) is 15.3. The average Bonchev–Trinajstić information content (AvgIpc) is 3.02. The Morgan fingerprint density at radius 3 is 2.74 bits per heavy atom. The van der Waals surface area contributed by atoms with Crippen molar-refractivity contribution < 1.29 is 14.3 Å². The number of hydrogen-bond acceptors (Lipinski definition) is 3. The van der Waals surface area contributed by atoms with Gasteiger partial charge in [0, 0.05) is 34.8 Å². The van der Waals surface area contributed by atoms with Gasteiger partial charge < -0.3 is 14.5 Å². The molecule has 4 nitrogen and oxygen atoms in total. The van der Waals surface area contributed by atoms with Crippen molar-refractivity contribution in [2.45, 2.75) is 38.9 Å². The van der Waals surface area contributed by atoms with Crippen molar-refractivity contribution in [3.63, 3.8) is 0 Å². The van der Waals surface area contributed by atoms with Crippen molar-refractivity contribution in [3.05, 3.63) is 58.7 Å². The maximum atomic E-state index is 11.8. The Morgan fingerprint density at radius 1 is 1.22 bits per heavy atom. The third-order valence-corrected chi connectivity index (χ3v) is 5.38. The summed E-state index contributed by atoms with van der Waals surface area (Å²) in [6, 6.07) is 14.0. The highest BCUT2D eigenvalue weighted by Crippen LogP contribution is 2.44. The fraction of sp³-hybridized carbons (Fsp3) is 0.318. The Morgan fingerprint density at radius 2 is 2.00 bits per heavy atom. The van der Waals surface area contributed by atoms with Gasteiger partial charge in [-0.3, -0.25) is 4.79 Å². The third-order valence-electron chi connectivity index (χ3n) is 5.05. The molecule has 0 amide bonds. The van der Waals surface area contributed by atoms with Gasteiger partial charge >= 0.3 is 5.97 Å². The number of esters is 1. The zero-order chi connectivity index (χ0) is 19.0. The van der Waals surface area contributed by atoms with E-state index in [1.165, 1.54) is 6.92 Å². The molecule has 1 aromatic heterocycles. The largest absolute Gasteiger partial charge is 0.427 e. The fourth-order valence-electron chi connectivity index (χ4n) is 4.08. The lowest BCUT2D eigenvalue weighted by molar-refractivity contribution is -0.247. The van der Waals surface area contributed by atoms with E-state index in [0.717, 1.165) is 46.1 Å². The minimum absolute atomic E-state index is 0.346. The highest BCUT2D eigenvalue weighted by molar-refractivity contribution is 6.33. The minimum Gasteiger partial charge on any atom is -0.427 e. The minimum atomic E-state index is -1.05. The van der Waals surface area contributed by atoms with Crippen LogP contribution >= 0.6 is 11.6 Å². The molecular formula is C22H22ClNO3. The van der Waals surface area contributed by atoms with Gasteiger partial charge in [-0.25, -0.2) is 0 Å². The second-order valence-electron chi connectivity index (χ2n) is 6.88. The molecule has 0 fully saturated rings. The molecule has 1 aliphatic heterocycles. The first-order valence-corrected chi connectivity index (χ1v) is 9.66. The number of halogens is 1. The Hall–Kier alpha value is -2.30. The van der Waals surface area contributed by atoms with Gasteiger partial charge in [-0.15, -0.1) is 0 Å². The van der Waals surface area contributed by atoms with Gasteiger partial charge in [-0.2, -0.15) is 0 Å². The normalized spacial score (nSPS) is 19.1. The van der Waals surface area contributed by atoms with Crippen LogP contribution in [0.5, 0.6) is 0 Å². The molecule has 1 aliphatic rings. The van der Waals surface area contributed by atoms with E-state index in [0.29, 0.717) is 18.1 Å². The van der Waals surface area contributed by atoms with Crippen LogP contribution in [-0.4, -0.2) is 17.6 Å². The Labute approximate surface area is 163 Å². The standard InChI is InChI=1S/C22H22ClNO3/c1-3-12-22(27-14(2)25)21-17(11-13-26-22)20-16(8-6-10-19(20)24-21)15-7-4-5-9-18(15)23/h4-10,24H,3,11-13H2,1-2H3. The van der Waals surface area contributed by atoms with Crippen LogP contribution in [0.1, 0.15) is 37.9 Å². The smallest absolute Gasteiger partial charge is 0.305 e. The van der Waals surface area contributed by atoms with Crippen LogP contribution in [0.2, 0.25) is 5.02 Å². The quantitative estimate of drug-likeness (QED) is 0.598. The van der Waals surface area contributed by atoms with Gasteiger partial charge in [-0.1, -0.05) is 48.9 Å². The monoisotopic (exact) mass is 383 g/mol. The van der Waals surface area contributed by atoms with E-state index < -0.39 is 5.79 Å². The number of aromatic amines is 1. The first-order valence-electron chi connectivity index (χ1n) is 9.28. The van der Waals surface area contributed by atoms with Crippen molar-refractivity contribution in [3.8, 4) is 11.1 Å². The van der Waals surface area contributed by atoms with Gasteiger partial charge in [0.15, 0.2) is 0 Å². The number of carbonyl (C=O) groups excluding carboxylic acids is 1. The fourth-order valence-corrected chi connectivity index (χ4v) is 4.31. The van der Waals surface area contributed by atoms with E-state index in [-0.39, 0.29) is 5.97 Å². The van der Waals surface area contributed by atoms with Crippen molar-refractivity contribution in [1.82, 2.24) is 4.98 Å². The summed E-state index contributed by atoms with van der Waals surface area (Å²) in [6.45, 7) is 3.98. The van der Waals surface area contributed by atoms with Crippen LogP contribution in [0.25, 0.3) is 22.0 Å². The molecule has 1 atom stereocenters. The lowest BCUT2D eigenvalue weighted by Gasteiger charge is -2.36. The molecule has 27 heavy (non-hydrogen) atoms. The molecule has 1 unspecified atom stereocenters. The molecule has 0 saturated carbocycles. The van der Waals surface area contributed by atoms with Gasteiger partial charge in [0.25, 0.3) is 5.79 Å². The molecule has 5 heteroatoms. The molecule has 1 N–H and O–H groups in total. The molecule has 4 rings (SSSR count). The predicted molar refractivity (Wildman–Crippen MR) is 107 cm³/mol. The van der Waals surface area contributed by atoms with Gasteiger partial charge in [0.2, 0.25) is 0 Å². The third kappa shape index (κ3) is 3.03. The number of benzene rings is 2. The van der Waals surface area contributed by atoms with E-state index in [9.17, 15) is 4.79 Å². The van der Waals surface area contributed by atoms with Gasteiger partial charge in [0.05, 0.1) is 12.3 Å². The number of ether oxygens (including phenoxy) is 2.